The fourth-order valence-corrected chi connectivity index (χ4v) is 4.48. The number of hydrogen-bond acceptors (Lipinski definition) is 3. The standard InChI is InChI=1S/C21H16BrClF2N2O3S/c22-15-3-8-18(9-4-15)31(29,30)27(12-14-1-5-16(23)6-2-14)13-21(28)26-17-7-10-19(24)20(25)11-17/h1-11H,12-13H2,(H,26,28). The third-order valence-corrected chi connectivity index (χ3v) is 6.83. The molecule has 0 saturated carbocycles. The highest BCUT2D eigenvalue weighted by atomic mass is 79.9. The van der Waals surface area contributed by atoms with Gasteiger partial charge < -0.3 is 5.32 Å². The lowest BCUT2D eigenvalue weighted by Crippen LogP contribution is -2.37. The Morgan fingerprint density at radius 1 is 0.968 bits per heavy atom. The van der Waals surface area contributed by atoms with E-state index in [-0.39, 0.29) is 17.1 Å². The molecule has 1 N–H and O–H groups in total. The van der Waals surface area contributed by atoms with Crippen LogP contribution in [0.25, 0.3) is 0 Å². The molecular formula is C21H16BrClF2N2O3S. The summed E-state index contributed by atoms with van der Waals surface area (Å²) in [6.07, 6.45) is 0. The summed E-state index contributed by atoms with van der Waals surface area (Å²) < 4.78 is 54.6. The van der Waals surface area contributed by atoms with E-state index >= 15 is 0 Å². The maximum atomic E-state index is 13.4. The first-order chi connectivity index (χ1) is 14.6. The minimum atomic E-state index is -4.04. The first kappa shape index (κ1) is 23.3. The normalized spacial score (nSPS) is 11.5. The van der Waals surface area contributed by atoms with Gasteiger partial charge in [0.05, 0.1) is 11.4 Å². The molecule has 0 aromatic heterocycles. The van der Waals surface area contributed by atoms with E-state index in [0.29, 0.717) is 15.1 Å². The van der Waals surface area contributed by atoms with Crippen LogP contribution < -0.4 is 5.32 Å². The number of halogens is 4. The molecule has 0 heterocycles. The van der Waals surface area contributed by atoms with Crippen LogP contribution in [0.15, 0.2) is 76.1 Å². The van der Waals surface area contributed by atoms with Gasteiger partial charge in [-0.1, -0.05) is 39.7 Å². The second-order valence-electron chi connectivity index (χ2n) is 6.53. The van der Waals surface area contributed by atoms with Crippen molar-refractivity contribution in [2.24, 2.45) is 0 Å². The van der Waals surface area contributed by atoms with Gasteiger partial charge in [0.2, 0.25) is 15.9 Å². The van der Waals surface area contributed by atoms with Gasteiger partial charge in [0.1, 0.15) is 0 Å². The van der Waals surface area contributed by atoms with Crippen molar-refractivity contribution in [1.82, 2.24) is 4.31 Å². The summed E-state index contributed by atoms with van der Waals surface area (Å²) in [5.74, 6) is -2.89. The van der Waals surface area contributed by atoms with Gasteiger partial charge >= 0.3 is 0 Å². The van der Waals surface area contributed by atoms with E-state index < -0.39 is 34.1 Å². The summed E-state index contributed by atoms with van der Waals surface area (Å²) in [6, 6.07) is 15.4. The van der Waals surface area contributed by atoms with Gasteiger partial charge in [0.15, 0.2) is 11.6 Å². The summed E-state index contributed by atoms with van der Waals surface area (Å²) >= 11 is 9.15. The summed E-state index contributed by atoms with van der Waals surface area (Å²) in [5.41, 5.74) is 0.627. The zero-order valence-electron chi connectivity index (χ0n) is 15.9. The fraction of sp³-hybridized carbons (Fsp3) is 0.0952. The van der Waals surface area contributed by atoms with Gasteiger partial charge in [-0.25, -0.2) is 17.2 Å². The zero-order chi connectivity index (χ0) is 22.6. The quantitative estimate of drug-likeness (QED) is 0.457. The van der Waals surface area contributed by atoms with Gasteiger partial charge in [-0.05, 0) is 54.1 Å². The largest absolute Gasteiger partial charge is 0.325 e. The molecule has 3 rings (SSSR count). The van der Waals surface area contributed by atoms with E-state index in [2.05, 4.69) is 21.2 Å². The van der Waals surface area contributed by atoms with Gasteiger partial charge in [-0.3, -0.25) is 4.79 Å². The van der Waals surface area contributed by atoms with Crippen molar-refractivity contribution in [3.05, 3.63) is 93.4 Å². The lowest BCUT2D eigenvalue weighted by atomic mass is 10.2. The highest BCUT2D eigenvalue weighted by Crippen LogP contribution is 2.22. The molecule has 0 unspecified atom stereocenters. The number of carbonyl (C=O) groups excluding carboxylic acids is 1. The van der Waals surface area contributed by atoms with Crippen LogP contribution >= 0.6 is 27.5 Å². The number of nitrogens with one attached hydrogen (secondary N) is 1. The molecule has 3 aromatic carbocycles. The Labute approximate surface area is 191 Å². The van der Waals surface area contributed by atoms with Crippen LogP contribution in [0.1, 0.15) is 5.56 Å². The maximum Gasteiger partial charge on any atom is 0.243 e. The molecule has 0 radical (unpaired) electrons. The molecule has 0 bridgehead atoms. The van der Waals surface area contributed by atoms with Crippen molar-refractivity contribution in [2.75, 3.05) is 11.9 Å². The zero-order valence-corrected chi connectivity index (χ0v) is 19.0. The number of benzene rings is 3. The van der Waals surface area contributed by atoms with Crippen LogP contribution in [0.4, 0.5) is 14.5 Å². The SMILES string of the molecule is O=C(CN(Cc1ccc(Cl)cc1)S(=O)(=O)c1ccc(Br)cc1)Nc1ccc(F)c(F)c1. The van der Waals surface area contributed by atoms with Crippen LogP contribution in [0, 0.1) is 11.6 Å². The Morgan fingerprint density at radius 3 is 2.23 bits per heavy atom. The molecule has 0 saturated heterocycles. The fourth-order valence-electron chi connectivity index (χ4n) is 2.71. The van der Waals surface area contributed by atoms with Crippen molar-refractivity contribution in [3.63, 3.8) is 0 Å². The minimum absolute atomic E-state index is 0.00490. The van der Waals surface area contributed by atoms with Crippen molar-refractivity contribution < 1.29 is 22.0 Å². The van der Waals surface area contributed by atoms with Crippen molar-refractivity contribution in [3.8, 4) is 0 Å². The van der Waals surface area contributed by atoms with Crippen molar-refractivity contribution >= 4 is 49.1 Å². The van der Waals surface area contributed by atoms with E-state index in [0.717, 1.165) is 16.4 Å². The predicted octanol–water partition coefficient (Wildman–Crippen LogP) is 5.21. The van der Waals surface area contributed by atoms with Crippen LogP contribution in [-0.4, -0.2) is 25.2 Å². The molecule has 162 valence electrons. The van der Waals surface area contributed by atoms with E-state index in [1.807, 2.05) is 0 Å². The highest BCUT2D eigenvalue weighted by Gasteiger charge is 2.27. The van der Waals surface area contributed by atoms with Crippen LogP contribution in [0.5, 0.6) is 0 Å². The molecule has 0 spiro atoms. The first-order valence-electron chi connectivity index (χ1n) is 8.90. The molecule has 0 aliphatic rings. The number of carbonyl (C=O) groups is 1. The van der Waals surface area contributed by atoms with E-state index in [1.165, 1.54) is 18.2 Å². The molecule has 5 nitrogen and oxygen atoms in total. The molecule has 0 atom stereocenters. The third-order valence-electron chi connectivity index (χ3n) is 4.25. The van der Waals surface area contributed by atoms with Crippen LogP contribution in [0.2, 0.25) is 5.02 Å². The van der Waals surface area contributed by atoms with E-state index in [9.17, 15) is 22.0 Å². The Hall–Kier alpha value is -2.33. The number of nitrogens with zero attached hydrogens (tertiary/aromatic N) is 1. The van der Waals surface area contributed by atoms with Crippen molar-refractivity contribution in [1.29, 1.82) is 0 Å². The Balaban J connectivity index is 1.87. The number of sulfonamides is 1. The van der Waals surface area contributed by atoms with Crippen LogP contribution in [-0.2, 0) is 21.4 Å². The van der Waals surface area contributed by atoms with Crippen molar-refractivity contribution in [2.45, 2.75) is 11.4 Å². The lowest BCUT2D eigenvalue weighted by Gasteiger charge is -2.22. The lowest BCUT2D eigenvalue weighted by molar-refractivity contribution is -0.116. The number of amides is 1. The molecule has 0 aliphatic carbocycles. The third kappa shape index (κ3) is 6.10. The minimum Gasteiger partial charge on any atom is -0.325 e. The summed E-state index contributed by atoms with van der Waals surface area (Å²) in [6.45, 7) is -0.638. The average Bonchev–Trinajstić information content (AvgIpc) is 2.72. The summed E-state index contributed by atoms with van der Waals surface area (Å²) in [7, 11) is -4.04. The molecule has 1 amide bonds. The highest BCUT2D eigenvalue weighted by molar-refractivity contribution is 9.10. The molecule has 3 aromatic rings. The Kier molecular flexibility index (Phi) is 7.42. The maximum absolute atomic E-state index is 13.4. The molecular weight excluding hydrogens is 514 g/mol. The molecule has 0 fully saturated rings. The van der Waals surface area contributed by atoms with E-state index in [4.69, 9.17) is 11.6 Å². The van der Waals surface area contributed by atoms with Gasteiger partial charge in [-0.2, -0.15) is 4.31 Å². The second kappa shape index (κ2) is 9.86. The summed E-state index contributed by atoms with van der Waals surface area (Å²) in [4.78, 5) is 12.5. The van der Waals surface area contributed by atoms with Crippen LogP contribution in [0.3, 0.4) is 0 Å². The monoisotopic (exact) mass is 528 g/mol. The molecule has 10 heteroatoms. The van der Waals surface area contributed by atoms with E-state index in [1.54, 1.807) is 36.4 Å². The number of hydrogen-bond donors (Lipinski definition) is 1. The smallest absolute Gasteiger partial charge is 0.243 e. The number of rotatable bonds is 7. The second-order valence-corrected chi connectivity index (χ2v) is 9.82. The molecule has 0 aliphatic heterocycles. The Morgan fingerprint density at radius 2 is 1.61 bits per heavy atom. The first-order valence-corrected chi connectivity index (χ1v) is 11.5. The van der Waals surface area contributed by atoms with Gasteiger partial charge in [0.25, 0.3) is 0 Å². The Bertz CT molecular complexity index is 1190. The average molecular weight is 530 g/mol. The predicted molar refractivity (Wildman–Crippen MR) is 118 cm³/mol. The number of anilines is 1. The molecule has 31 heavy (non-hydrogen) atoms. The summed E-state index contributed by atoms with van der Waals surface area (Å²) in [5, 5.41) is 2.88. The van der Waals surface area contributed by atoms with Gasteiger partial charge in [0, 0.05) is 27.8 Å². The topological polar surface area (TPSA) is 66.5 Å². The van der Waals surface area contributed by atoms with Gasteiger partial charge in [-0.15, -0.1) is 0 Å².